The van der Waals surface area contributed by atoms with E-state index in [1.807, 2.05) is 33.8 Å². The first-order valence-corrected chi connectivity index (χ1v) is 4.56. The molecule has 12 heavy (non-hydrogen) atoms. The number of aliphatic imine (C=N–C) groups is 1. The molecule has 0 saturated carbocycles. The van der Waals surface area contributed by atoms with Gasteiger partial charge in [-0.1, -0.05) is 33.4 Å². The minimum atomic E-state index is 0.958. The van der Waals surface area contributed by atoms with Crippen LogP contribution in [0.25, 0.3) is 0 Å². The Hall–Kier alpha value is -0.850. The van der Waals surface area contributed by atoms with Gasteiger partial charge in [0.05, 0.1) is 0 Å². The summed E-state index contributed by atoms with van der Waals surface area (Å²) in [5.41, 5.74) is 2.14. The molecule has 0 bridgehead atoms. The minimum absolute atomic E-state index is 0.958. The van der Waals surface area contributed by atoms with Gasteiger partial charge in [0, 0.05) is 11.9 Å². The van der Waals surface area contributed by atoms with Crippen LogP contribution in [0.4, 0.5) is 0 Å². The second kappa shape index (κ2) is 10.2. The van der Waals surface area contributed by atoms with Crippen LogP contribution in [0, 0.1) is 0 Å². The van der Waals surface area contributed by atoms with Crippen molar-refractivity contribution in [1.82, 2.24) is 0 Å². The van der Waals surface area contributed by atoms with Crippen molar-refractivity contribution in [3.8, 4) is 0 Å². The van der Waals surface area contributed by atoms with Crippen molar-refractivity contribution in [1.29, 1.82) is 0 Å². The fraction of sp³-hybridized carbons (Fsp3) is 0.545. The number of allylic oxidation sites excluding steroid dienone is 2. The van der Waals surface area contributed by atoms with Crippen LogP contribution in [-0.4, -0.2) is 5.71 Å². The van der Waals surface area contributed by atoms with E-state index >= 15 is 0 Å². The second-order valence-corrected chi connectivity index (χ2v) is 2.19. The molecule has 0 N–H and O–H groups in total. The van der Waals surface area contributed by atoms with Crippen LogP contribution in [0.1, 0.15) is 41.0 Å². The van der Waals surface area contributed by atoms with Gasteiger partial charge in [0.15, 0.2) is 0 Å². The summed E-state index contributed by atoms with van der Waals surface area (Å²) in [5, 5.41) is 0. The summed E-state index contributed by atoms with van der Waals surface area (Å²) in [6.45, 7) is 13.8. The first-order chi connectivity index (χ1) is 5.72. The molecule has 0 fully saturated rings. The van der Waals surface area contributed by atoms with Gasteiger partial charge in [-0.05, 0) is 25.8 Å². The molecule has 0 rings (SSSR count). The molecule has 70 valence electrons. The third-order valence-corrected chi connectivity index (χ3v) is 1.21. The zero-order valence-electron chi connectivity index (χ0n) is 9.02. The summed E-state index contributed by atoms with van der Waals surface area (Å²) in [5.74, 6) is 0. The minimum Gasteiger partial charge on any atom is -0.261 e. The summed E-state index contributed by atoms with van der Waals surface area (Å²) < 4.78 is 0. The van der Waals surface area contributed by atoms with E-state index in [9.17, 15) is 0 Å². The van der Waals surface area contributed by atoms with Crippen molar-refractivity contribution < 1.29 is 0 Å². The summed E-state index contributed by atoms with van der Waals surface area (Å²) in [6.07, 6.45) is 4.67. The highest BCUT2D eigenvalue weighted by atomic mass is 14.7. The molecular weight excluding hydrogens is 146 g/mol. The molecule has 0 aromatic heterocycles. The predicted octanol–water partition coefficient (Wildman–Crippen LogP) is 3.97. The van der Waals surface area contributed by atoms with E-state index < -0.39 is 0 Å². The van der Waals surface area contributed by atoms with Gasteiger partial charge in [-0.2, -0.15) is 0 Å². The van der Waals surface area contributed by atoms with Crippen LogP contribution in [-0.2, 0) is 0 Å². The van der Waals surface area contributed by atoms with Gasteiger partial charge in [0.1, 0.15) is 0 Å². The van der Waals surface area contributed by atoms with Crippen LogP contribution in [0.5, 0.6) is 0 Å². The van der Waals surface area contributed by atoms with Crippen molar-refractivity contribution in [3.05, 3.63) is 24.4 Å². The van der Waals surface area contributed by atoms with Gasteiger partial charge < -0.3 is 0 Å². The maximum Gasteiger partial charge on any atom is 0.0423 e. The third-order valence-electron chi connectivity index (χ3n) is 1.21. The zero-order chi connectivity index (χ0) is 9.98. The Morgan fingerprint density at radius 3 is 2.17 bits per heavy atom. The smallest absolute Gasteiger partial charge is 0.0423 e. The van der Waals surface area contributed by atoms with E-state index in [2.05, 4.69) is 18.5 Å². The Morgan fingerprint density at radius 1 is 1.42 bits per heavy atom. The molecule has 0 amide bonds. The monoisotopic (exact) mass is 167 g/mol. The summed E-state index contributed by atoms with van der Waals surface area (Å²) >= 11 is 0. The van der Waals surface area contributed by atoms with Gasteiger partial charge in [-0.3, -0.25) is 4.99 Å². The average molecular weight is 167 g/mol. The molecule has 1 heteroatoms. The van der Waals surface area contributed by atoms with Crippen molar-refractivity contribution in [2.45, 2.75) is 41.0 Å². The molecule has 0 unspecified atom stereocenters. The second-order valence-electron chi connectivity index (χ2n) is 2.19. The van der Waals surface area contributed by atoms with Gasteiger partial charge in [-0.15, -0.1) is 0 Å². The first kappa shape index (κ1) is 13.7. The highest BCUT2D eigenvalue weighted by molar-refractivity contribution is 5.99. The lowest BCUT2D eigenvalue weighted by atomic mass is 10.2. The molecule has 0 aliphatic carbocycles. The molecule has 0 aromatic rings. The fourth-order valence-corrected chi connectivity index (χ4v) is 0.668. The molecular formula is C11H21N. The largest absolute Gasteiger partial charge is 0.261 e. The number of nitrogens with zero attached hydrogens (tertiary/aromatic N) is 1. The summed E-state index contributed by atoms with van der Waals surface area (Å²) in [7, 11) is 0. The average Bonchev–Trinajstić information content (AvgIpc) is 2.09. The third kappa shape index (κ3) is 7.26. The maximum atomic E-state index is 4.20. The molecule has 0 spiro atoms. The molecule has 0 aromatic carbocycles. The Kier molecular flexibility index (Phi) is 11.6. The fourth-order valence-electron chi connectivity index (χ4n) is 0.668. The molecule has 0 radical (unpaired) electrons. The van der Waals surface area contributed by atoms with Crippen molar-refractivity contribution in [2.75, 3.05) is 0 Å². The van der Waals surface area contributed by atoms with Gasteiger partial charge >= 0.3 is 0 Å². The van der Waals surface area contributed by atoms with E-state index in [4.69, 9.17) is 0 Å². The number of rotatable bonds is 3. The van der Waals surface area contributed by atoms with Crippen molar-refractivity contribution >= 4 is 5.71 Å². The van der Waals surface area contributed by atoms with Crippen LogP contribution in [0.2, 0.25) is 0 Å². The summed E-state index contributed by atoms with van der Waals surface area (Å²) in [4.78, 5) is 4.20. The SMILES string of the molecule is C=C(C)C(CC)=N/C=C\C.CC. The van der Waals surface area contributed by atoms with E-state index in [1.54, 1.807) is 6.20 Å². The topological polar surface area (TPSA) is 12.4 Å². The van der Waals surface area contributed by atoms with E-state index in [1.165, 1.54) is 0 Å². The van der Waals surface area contributed by atoms with E-state index in [-0.39, 0.29) is 0 Å². The Labute approximate surface area is 76.9 Å². The molecule has 0 saturated heterocycles. The van der Waals surface area contributed by atoms with Gasteiger partial charge in [0.25, 0.3) is 0 Å². The Bertz CT molecular complexity index is 164. The van der Waals surface area contributed by atoms with Crippen LogP contribution < -0.4 is 0 Å². The summed E-state index contributed by atoms with van der Waals surface area (Å²) in [6, 6.07) is 0. The zero-order valence-corrected chi connectivity index (χ0v) is 9.02. The first-order valence-electron chi connectivity index (χ1n) is 4.56. The van der Waals surface area contributed by atoms with Gasteiger partial charge in [0.2, 0.25) is 0 Å². The maximum absolute atomic E-state index is 4.20. The Balaban J connectivity index is 0. The normalized spacial score (nSPS) is 10.9. The molecule has 0 atom stereocenters. The highest BCUT2D eigenvalue weighted by Gasteiger charge is 1.92. The van der Waals surface area contributed by atoms with E-state index in [0.717, 1.165) is 17.7 Å². The van der Waals surface area contributed by atoms with E-state index in [0.29, 0.717) is 0 Å². The quantitative estimate of drug-likeness (QED) is 0.564. The molecule has 1 nitrogen and oxygen atoms in total. The lowest BCUT2D eigenvalue weighted by molar-refractivity contribution is 1.25. The van der Waals surface area contributed by atoms with Crippen molar-refractivity contribution in [2.24, 2.45) is 4.99 Å². The van der Waals surface area contributed by atoms with Crippen LogP contribution in [0.15, 0.2) is 29.4 Å². The van der Waals surface area contributed by atoms with Crippen LogP contribution >= 0.6 is 0 Å². The lowest BCUT2D eigenvalue weighted by Gasteiger charge is -1.97. The molecule has 0 aliphatic heterocycles. The number of hydrogen-bond donors (Lipinski definition) is 0. The predicted molar refractivity (Wildman–Crippen MR) is 58.7 cm³/mol. The number of hydrogen-bond acceptors (Lipinski definition) is 1. The lowest BCUT2D eigenvalue weighted by Crippen LogP contribution is -1.94. The van der Waals surface area contributed by atoms with Gasteiger partial charge in [-0.25, -0.2) is 0 Å². The molecule has 0 aliphatic rings. The Morgan fingerprint density at radius 2 is 1.92 bits per heavy atom. The molecule has 0 heterocycles. The highest BCUT2D eigenvalue weighted by Crippen LogP contribution is 1.98. The van der Waals surface area contributed by atoms with Crippen LogP contribution in [0.3, 0.4) is 0 Å². The van der Waals surface area contributed by atoms with Crippen molar-refractivity contribution in [3.63, 3.8) is 0 Å². The standard InChI is InChI=1S/C9H15N.C2H6/c1-5-7-10-9(6-2)8(3)4;1-2/h5,7H,3,6H2,1-2,4H3;1-2H3/b7-5-,10-9?;.